The van der Waals surface area contributed by atoms with Gasteiger partial charge in [0.25, 0.3) is 0 Å². The van der Waals surface area contributed by atoms with Gasteiger partial charge in [-0.3, -0.25) is 0 Å². The normalized spacial score (nSPS) is 12.6. The number of anilines is 1. The van der Waals surface area contributed by atoms with E-state index < -0.39 is 0 Å². The van der Waals surface area contributed by atoms with Crippen molar-refractivity contribution in [3.05, 3.63) is 27.7 Å². The fourth-order valence-electron chi connectivity index (χ4n) is 1.28. The minimum absolute atomic E-state index is 0.109. The monoisotopic (exact) mass is 299 g/mol. The molecule has 94 valence electrons. The summed E-state index contributed by atoms with van der Waals surface area (Å²) < 4.78 is 6.16. The lowest BCUT2D eigenvalue weighted by Crippen LogP contribution is -2.21. The molecule has 17 heavy (non-hydrogen) atoms. The van der Waals surface area contributed by atoms with Gasteiger partial charge >= 0.3 is 5.97 Å². The third-order valence-electron chi connectivity index (χ3n) is 2.86. The molecule has 0 bridgehead atoms. The molecule has 1 aromatic rings. The molecule has 0 saturated carbocycles. The summed E-state index contributed by atoms with van der Waals surface area (Å²) in [5.41, 5.74) is 7.68. The molecule has 0 radical (unpaired) electrons. The summed E-state index contributed by atoms with van der Waals surface area (Å²) in [5.74, 6) is -0.0274. The lowest BCUT2D eigenvalue weighted by Gasteiger charge is -2.17. The Labute approximate surface area is 110 Å². The van der Waals surface area contributed by atoms with Crippen LogP contribution in [0.4, 0.5) is 5.69 Å². The van der Waals surface area contributed by atoms with Crippen LogP contribution in [-0.2, 0) is 4.74 Å². The van der Waals surface area contributed by atoms with Crippen molar-refractivity contribution in [1.29, 1.82) is 0 Å². The predicted molar refractivity (Wildman–Crippen MR) is 73.0 cm³/mol. The zero-order valence-electron chi connectivity index (χ0n) is 10.6. The average molecular weight is 300 g/mol. The number of halogens is 1. The number of rotatable bonds is 3. The van der Waals surface area contributed by atoms with Gasteiger partial charge in [0.15, 0.2) is 0 Å². The van der Waals surface area contributed by atoms with E-state index in [-0.39, 0.29) is 12.1 Å². The molecule has 0 fully saturated rings. The molecule has 0 aromatic heterocycles. The van der Waals surface area contributed by atoms with E-state index in [9.17, 15) is 4.79 Å². The molecule has 1 aromatic carbocycles. The van der Waals surface area contributed by atoms with Crippen molar-refractivity contribution < 1.29 is 9.53 Å². The van der Waals surface area contributed by atoms with Gasteiger partial charge < -0.3 is 10.5 Å². The topological polar surface area (TPSA) is 52.3 Å². The maximum atomic E-state index is 12.0. The van der Waals surface area contributed by atoms with Crippen molar-refractivity contribution in [3.63, 3.8) is 0 Å². The Bertz CT molecular complexity index is 430. The Morgan fingerprint density at radius 1 is 1.35 bits per heavy atom. The number of benzene rings is 1. The number of carbonyl (C=O) groups excluding carboxylic acids is 1. The third kappa shape index (κ3) is 3.46. The number of nitrogen functional groups attached to an aromatic ring is 1. The average Bonchev–Trinajstić information content (AvgIpc) is 2.22. The van der Waals surface area contributed by atoms with Gasteiger partial charge in [0.2, 0.25) is 0 Å². The number of hydrogen-bond acceptors (Lipinski definition) is 3. The van der Waals surface area contributed by atoms with Crippen LogP contribution in [0.2, 0.25) is 0 Å². The van der Waals surface area contributed by atoms with Crippen LogP contribution in [0.25, 0.3) is 0 Å². The lowest BCUT2D eigenvalue weighted by atomic mass is 10.1. The van der Waals surface area contributed by atoms with Crippen molar-refractivity contribution in [2.24, 2.45) is 5.92 Å². The second kappa shape index (κ2) is 5.54. The Kier molecular flexibility index (Phi) is 4.57. The fraction of sp³-hybridized carbons (Fsp3) is 0.462. The predicted octanol–water partition coefficient (Wildman–Crippen LogP) is 3.54. The smallest absolute Gasteiger partial charge is 0.338 e. The van der Waals surface area contributed by atoms with Crippen molar-refractivity contribution >= 4 is 27.6 Å². The molecule has 4 heteroatoms. The Morgan fingerprint density at radius 3 is 2.47 bits per heavy atom. The number of nitrogens with two attached hydrogens (primary N) is 1. The highest BCUT2D eigenvalue weighted by Crippen LogP contribution is 2.24. The molecule has 0 aliphatic carbocycles. The van der Waals surface area contributed by atoms with Gasteiger partial charge in [0.1, 0.15) is 6.10 Å². The molecule has 1 atom stereocenters. The van der Waals surface area contributed by atoms with Gasteiger partial charge in [-0.1, -0.05) is 29.8 Å². The van der Waals surface area contributed by atoms with Gasteiger partial charge in [-0.15, -0.1) is 0 Å². The van der Waals surface area contributed by atoms with Crippen LogP contribution >= 0.6 is 15.9 Å². The van der Waals surface area contributed by atoms with Crippen molar-refractivity contribution in [1.82, 2.24) is 0 Å². The molecule has 2 N–H and O–H groups in total. The largest absolute Gasteiger partial charge is 0.459 e. The number of hydrogen-bond donors (Lipinski definition) is 1. The molecule has 0 aliphatic heterocycles. The van der Waals surface area contributed by atoms with Gasteiger partial charge in [0.05, 0.1) is 5.56 Å². The second-order valence-electron chi connectivity index (χ2n) is 4.52. The van der Waals surface area contributed by atoms with Crippen molar-refractivity contribution in [3.8, 4) is 0 Å². The number of ether oxygens (including phenoxy) is 1. The van der Waals surface area contributed by atoms with Gasteiger partial charge in [-0.2, -0.15) is 0 Å². The molecule has 0 aliphatic rings. The van der Waals surface area contributed by atoms with Gasteiger partial charge in [-0.05, 0) is 37.5 Å². The zero-order chi connectivity index (χ0) is 13.2. The van der Waals surface area contributed by atoms with Crippen LogP contribution in [0.15, 0.2) is 16.6 Å². The maximum absolute atomic E-state index is 12.0. The first kappa shape index (κ1) is 14.0. The van der Waals surface area contributed by atoms with Crippen LogP contribution in [0.5, 0.6) is 0 Å². The van der Waals surface area contributed by atoms with Crippen LogP contribution in [-0.4, -0.2) is 12.1 Å². The molecule has 0 amide bonds. The highest BCUT2D eigenvalue weighted by atomic mass is 79.9. The summed E-state index contributed by atoms with van der Waals surface area (Å²) >= 11 is 3.32. The summed E-state index contributed by atoms with van der Waals surface area (Å²) in [6.45, 7) is 7.73. The zero-order valence-corrected chi connectivity index (χ0v) is 12.2. The molecular formula is C13H18BrNO2. The fourth-order valence-corrected chi connectivity index (χ4v) is 1.76. The molecule has 0 heterocycles. The standard InChI is InChI=1S/C13H18BrNO2/c1-7(2)9(4)17-13(16)11-5-10(14)6-12(15)8(11)3/h5-7,9H,15H2,1-4H3. The van der Waals surface area contributed by atoms with Crippen LogP contribution in [0.1, 0.15) is 36.7 Å². The molecule has 3 nitrogen and oxygen atoms in total. The summed E-state index contributed by atoms with van der Waals surface area (Å²) in [7, 11) is 0. The Balaban J connectivity index is 2.97. The first-order valence-electron chi connectivity index (χ1n) is 5.59. The van der Waals surface area contributed by atoms with Gasteiger partial charge in [0, 0.05) is 10.2 Å². The molecule has 0 saturated heterocycles. The number of carbonyl (C=O) groups is 1. The Hall–Kier alpha value is -1.03. The molecular weight excluding hydrogens is 282 g/mol. The SMILES string of the molecule is Cc1c(N)cc(Br)cc1C(=O)OC(C)C(C)C. The third-order valence-corrected chi connectivity index (χ3v) is 3.32. The summed E-state index contributed by atoms with van der Waals surface area (Å²) in [6, 6.07) is 3.51. The summed E-state index contributed by atoms with van der Waals surface area (Å²) in [5, 5.41) is 0. The van der Waals surface area contributed by atoms with E-state index >= 15 is 0 Å². The molecule has 1 rings (SSSR count). The van der Waals surface area contributed by atoms with E-state index in [1.165, 1.54) is 0 Å². The van der Waals surface area contributed by atoms with E-state index in [1.54, 1.807) is 12.1 Å². The number of esters is 1. The molecule has 1 unspecified atom stereocenters. The quantitative estimate of drug-likeness (QED) is 0.686. The highest BCUT2D eigenvalue weighted by Gasteiger charge is 2.18. The minimum Gasteiger partial charge on any atom is -0.459 e. The Morgan fingerprint density at radius 2 is 1.94 bits per heavy atom. The maximum Gasteiger partial charge on any atom is 0.338 e. The second-order valence-corrected chi connectivity index (χ2v) is 5.44. The molecule has 0 spiro atoms. The van der Waals surface area contributed by atoms with Crippen LogP contribution < -0.4 is 5.73 Å². The van der Waals surface area contributed by atoms with Gasteiger partial charge in [-0.25, -0.2) is 4.79 Å². The first-order chi connectivity index (χ1) is 7.82. The van der Waals surface area contributed by atoms with E-state index in [4.69, 9.17) is 10.5 Å². The van der Waals surface area contributed by atoms with Crippen LogP contribution in [0, 0.1) is 12.8 Å². The van der Waals surface area contributed by atoms with Crippen molar-refractivity contribution in [2.75, 3.05) is 5.73 Å². The van der Waals surface area contributed by atoms with Crippen molar-refractivity contribution in [2.45, 2.75) is 33.8 Å². The minimum atomic E-state index is -0.322. The summed E-state index contributed by atoms with van der Waals surface area (Å²) in [4.78, 5) is 12.0. The lowest BCUT2D eigenvalue weighted by molar-refractivity contribution is 0.0237. The first-order valence-corrected chi connectivity index (χ1v) is 6.38. The van der Waals surface area contributed by atoms with E-state index in [0.29, 0.717) is 17.2 Å². The van der Waals surface area contributed by atoms with Crippen LogP contribution in [0.3, 0.4) is 0 Å². The van der Waals surface area contributed by atoms with E-state index in [0.717, 1.165) is 10.0 Å². The van der Waals surface area contributed by atoms with E-state index in [2.05, 4.69) is 15.9 Å². The summed E-state index contributed by atoms with van der Waals surface area (Å²) in [6.07, 6.45) is -0.109. The highest BCUT2D eigenvalue weighted by molar-refractivity contribution is 9.10. The van der Waals surface area contributed by atoms with E-state index in [1.807, 2.05) is 27.7 Å².